The molecule has 0 spiro atoms. The third kappa shape index (κ3) is 36.0. The zero-order chi connectivity index (χ0) is 37.8. The first kappa shape index (κ1) is 50.3. The molecular formula is C36H67N5O8. The van der Waals surface area contributed by atoms with E-state index in [1.807, 2.05) is 47.0 Å². The smallest absolute Gasteiger partial charge is 0.225 e. The molecule has 3 N–H and O–H groups in total. The molecule has 284 valence electrons. The molecule has 0 radical (unpaired) electrons. The van der Waals surface area contributed by atoms with Crippen molar-refractivity contribution in [2.24, 2.45) is 16.8 Å². The average Bonchev–Trinajstić information content (AvgIpc) is 3.44. The largest absolute Gasteiger partial charge is 0.379 e. The highest BCUT2D eigenvalue weighted by Gasteiger charge is 2.31. The summed E-state index contributed by atoms with van der Waals surface area (Å²) in [7, 11) is 8.99. The van der Waals surface area contributed by atoms with Gasteiger partial charge < -0.3 is 49.4 Å². The van der Waals surface area contributed by atoms with Gasteiger partial charge in [0, 0.05) is 78.3 Å². The SMILES string of the molecule is C=C/C=C\C=NC.CN1CC(C(=O)NCCC=O)CC1=O.CNC1CCC(C=O)CC1.CNCCOCCOCCC=O.COC(C)(C)C. The maximum Gasteiger partial charge on any atom is 0.225 e. The van der Waals surface area contributed by atoms with Crippen LogP contribution in [0.2, 0.25) is 0 Å². The first-order valence-corrected chi connectivity index (χ1v) is 17.0. The number of carbonyl (C=O) groups excluding carboxylic acids is 5. The van der Waals surface area contributed by atoms with E-state index in [1.54, 1.807) is 38.4 Å². The van der Waals surface area contributed by atoms with E-state index in [4.69, 9.17) is 14.2 Å². The third-order valence-corrected chi connectivity index (χ3v) is 6.99. The van der Waals surface area contributed by atoms with Crippen LogP contribution in [0.3, 0.4) is 0 Å². The van der Waals surface area contributed by atoms with Crippen molar-refractivity contribution in [2.45, 2.75) is 77.4 Å². The Morgan fingerprint density at radius 2 is 1.55 bits per heavy atom. The van der Waals surface area contributed by atoms with E-state index >= 15 is 0 Å². The van der Waals surface area contributed by atoms with Crippen molar-refractivity contribution < 1.29 is 38.2 Å². The van der Waals surface area contributed by atoms with Gasteiger partial charge in [0.25, 0.3) is 0 Å². The number of rotatable bonds is 17. The molecule has 0 aromatic heterocycles. The van der Waals surface area contributed by atoms with E-state index in [0.29, 0.717) is 64.3 Å². The van der Waals surface area contributed by atoms with Gasteiger partial charge in [-0.15, -0.1) is 0 Å². The van der Waals surface area contributed by atoms with Crippen LogP contribution in [0.5, 0.6) is 0 Å². The summed E-state index contributed by atoms with van der Waals surface area (Å²) in [5, 5.41) is 8.82. The van der Waals surface area contributed by atoms with Crippen molar-refractivity contribution in [2.75, 3.05) is 81.4 Å². The summed E-state index contributed by atoms with van der Waals surface area (Å²) in [6, 6.07) is 0.663. The van der Waals surface area contributed by atoms with Crippen LogP contribution in [0.1, 0.15) is 65.7 Å². The minimum atomic E-state index is -0.251. The van der Waals surface area contributed by atoms with Gasteiger partial charge in [-0.1, -0.05) is 18.7 Å². The van der Waals surface area contributed by atoms with Crippen LogP contribution in [0.25, 0.3) is 0 Å². The molecule has 1 saturated heterocycles. The highest BCUT2D eigenvalue weighted by Crippen LogP contribution is 2.21. The molecule has 2 amide bonds. The topological polar surface area (TPSA) is 165 Å². The molecule has 1 unspecified atom stereocenters. The fourth-order valence-electron chi connectivity index (χ4n) is 3.82. The second kappa shape index (κ2) is 36.2. The van der Waals surface area contributed by atoms with Gasteiger partial charge in [-0.3, -0.25) is 14.6 Å². The highest BCUT2D eigenvalue weighted by atomic mass is 16.5. The Labute approximate surface area is 296 Å². The number of carbonyl (C=O) groups is 5. The van der Waals surface area contributed by atoms with Crippen LogP contribution >= 0.6 is 0 Å². The molecule has 0 aromatic rings. The van der Waals surface area contributed by atoms with Gasteiger partial charge >= 0.3 is 0 Å². The van der Waals surface area contributed by atoms with Crippen LogP contribution in [0, 0.1) is 11.8 Å². The number of nitrogens with one attached hydrogen (secondary N) is 3. The molecule has 13 nitrogen and oxygen atoms in total. The second-order valence-electron chi connectivity index (χ2n) is 12.1. The van der Waals surface area contributed by atoms with E-state index < -0.39 is 0 Å². The Kier molecular flexibility index (Phi) is 37.1. The van der Waals surface area contributed by atoms with E-state index in [0.717, 1.165) is 38.2 Å². The van der Waals surface area contributed by atoms with E-state index in [1.165, 1.54) is 12.8 Å². The fraction of sp³-hybridized carbons (Fsp3) is 0.722. The minimum absolute atomic E-state index is 0.000498. The van der Waals surface area contributed by atoms with E-state index in [9.17, 15) is 24.0 Å². The van der Waals surface area contributed by atoms with Crippen molar-refractivity contribution in [1.29, 1.82) is 0 Å². The molecule has 2 aliphatic rings. The van der Waals surface area contributed by atoms with E-state index in [-0.39, 0.29) is 29.8 Å². The number of amides is 2. The maximum atomic E-state index is 11.4. The zero-order valence-electron chi connectivity index (χ0n) is 31.5. The van der Waals surface area contributed by atoms with Gasteiger partial charge in [0.05, 0.1) is 37.9 Å². The normalized spacial score (nSPS) is 18.4. The minimum Gasteiger partial charge on any atom is -0.379 e. The molecule has 2 fully saturated rings. The number of likely N-dealkylation sites (N-methyl/N-ethyl adjacent to an activating group) is 1. The number of ether oxygens (including phenoxy) is 3. The monoisotopic (exact) mass is 697 g/mol. The van der Waals surface area contributed by atoms with Crippen molar-refractivity contribution in [3.63, 3.8) is 0 Å². The lowest BCUT2D eigenvalue weighted by molar-refractivity contribution is -0.128. The average molecular weight is 698 g/mol. The number of aliphatic imine (C=N–C) groups is 1. The molecule has 1 aliphatic carbocycles. The lowest BCUT2D eigenvalue weighted by atomic mass is 9.87. The Bertz CT molecular complexity index is 900. The predicted octanol–water partition coefficient (Wildman–Crippen LogP) is 2.82. The van der Waals surface area contributed by atoms with Gasteiger partial charge in [0.15, 0.2) is 0 Å². The molecule has 49 heavy (non-hydrogen) atoms. The van der Waals surface area contributed by atoms with Gasteiger partial charge in [-0.25, -0.2) is 0 Å². The lowest BCUT2D eigenvalue weighted by Crippen LogP contribution is -2.32. The van der Waals surface area contributed by atoms with Crippen LogP contribution in [0.15, 0.2) is 29.8 Å². The number of likely N-dealkylation sites (tertiary alicyclic amines) is 1. The Morgan fingerprint density at radius 3 is 1.98 bits per heavy atom. The summed E-state index contributed by atoms with van der Waals surface area (Å²) >= 11 is 0. The highest BCUT2D eigenvalue weighted by molar-refractivity contribution is 5.89. The molecule has 1 heterocycles. The van der Waals surface area contributed by atoms with Crippen molar-refractivity contribution in [1.82, 2.24) is 20.9 Å². The second-order valence-corrected chi connectivity index (χ2v) is 12.1. The molecule has 1 saturated carbocycles. The number of allylic oxidation sites excluding steroid dienone is 3. The molecule has 0 aromatic carbocycles. The molecular weight excluding hydrogens is 630 g/mol. The zero-order valence-corrected chi connectivity index (χ0v) is 31.5. The molecule has 1 atom stereocenters. The summed E-state index contributed by atoms with van der Waals surface area (Å²) < 4.78 is 15.2. The van der Waals surface area contributed by atoms with Gasteiger partial charge in [-0.05, 0) is 66.6 Å². The number of aldehydes is 3. The lowest BCUT2D eigenvalue weighted by Gasteiger charge is -2.24. The molecule has 1 aliphatic heterocycles. The first-order chi connectivity index (χ1) is 23.4. The Hall–Kier alpha value is -3.10. The maximum absolute atomic E-state index is 11.4. The van der Waals surface area contributed by atoms with Crippen molar-refractivity contribution in [3.05, 3.63) is 24.8 Å². The number of hydrogen-bond acceptors (Lipinski definition) is 11. The van der Waals surface area contributed by atoms with Gasteiger partial charge in [0.2, 0.25) is 11.8 Å². The predicted molar refractivity (Wildman–Crippen MR) is 197 cm³/mol. The van der Waals surface area contributed by atoms with Crippen LogP contribution in [0.4, 0.5) is 0 Å². The van der Waals surface area contributed by atoms with Crippen molar-refractivity contribution >= 4 is 36.9 Å². The number of methoxy groups -OCH3 is 1. The molecule has 0 bridgehead atoms. The molecule has 13 heteroatoms. The Morgan fingerprint density at radius 1 is 0.959 bits per heavy atom. The number of nitrogens with zero attached hydrogens (tertiary/aromatic N) is 2. The van der Waals surface area contributed by atoms with Crippen molar-refractivity contribution in [3.8, 4) is 0 Å². The van der Waals surface area contributed by atoms with Crippen LogP contribution < -0.4 is 16.0 Å². The summed E-state index contributed by atoms with van der Waals surface area (Å²) in [5.41, 5.74) is 0.0417. The Balaban J connectivity index is -0.000000558. The molecule has 2 rings (SSSR count). The summed E-state index contributed by atoms with van der Waals surface area (Å²) in [6.07, 6.45) is 15.3. The van der Waals surface area contributed by atoms with E-state index in [2.05, 4.69) is 27.5 Å². The quantitative estimate of drug-likeness (QED) is 0.0891. The van der Waals surface area contributed by atoms with Gasteiger partial charge in [-0.2, -0.15) is 0 Å². The van der Waals surface area contributed by atoms with Gasteiger partial charge in [0.1, 0.15) is 18.9 Å². The standard InChI is InChI=1S/C9H14N2O3.C8H17NO3.C8H15NO.C6H9N.C5H12O/c1-11-6-7(5-8(11)13)9(14)10-3-2-4-12;1-9-3-6-12-8-7-11-5-2-4-10;1-9-8-4-2-7(6-10)3-5-8;1-3-4-5-6-7-2;1-5(2,3)6-4/h4,7H,2-3,5-6H2,1H3,(H,10,14);4,9H,2-3,5-8H2,1H3;6-9H,2-5H2,1H3;3-6H,1H2,2H3;1-4H3/b;;;5-4-,7-6?;. The number of hydrogen-bond donors (Lipinski definition) is 3. The summed E-state index contributed by atoms with van der Waals surface area (Å²) in [6.45, 7) is 13.6. The first-order valence-electron chi connectivity index (χ1n) is 17.0. The van der Waals surface area contributed by atoms with Crippen LogP contribution in [-0.4, -0.2) is 135 Å². The fourth-order valence-corrected chi connectivity index (χ4v) is 3.82. The summed E-state index contributed by atoms with van der Waals surface area (Å²) in [5.74, 6) is -0.0335. The summed E-state index contributed by atoms with van der Waals surface area (Å²) in [4.78, 5) is 58.0. The van der Waals surface area contributed by atoms with Crippen LogP contribution in [-0.2, 0) is 38.2 Å². The third-order valence-electron chi connectivity index (χ3n) is 6.99.